The molecule has 0 heterocycles. The van der Waals surface area contributed by atoms with Gasteiger partial charge in [-0.2, -0.15) is 0 Å². The summed E-state index contributed by atoms with van der Waals surface area (Å²) in [5, 5.41) is 24.9. The van der Waals surface area contributed by atoms with Gasteiger partial charge in [0.05, 0.1) is 26.0 Å². The molecular formula is C14H9Cl2N3O5. The first-order chi connectivity index (χ1) is 11.3. The standard InChI is InChI=1S/C14H9Cl2N3O5/c15-11-4-1-8(5-12(11)16)7-17-14(20)10-3-2-9(18(21)22)6-13(10)19(23)24/h1-6H,7H2,(H,17,20). The second-order valence-electron chi connectivity index (χ2n) is 4.65. The molecule has 2 aromatic carbocycles. The SMILES string of the molecule is O=C(NCc1ccc(Cl)c(Cl)c1)c1ccc([N+](=O)[O-])cc1[N+](=O)[O-]. The van der Waals surface area contributed by atoms with Gasteiger partial charge < -0.3 is 5.32 Å². The molecule has 0 saturated carbocycles. The molecule has 124 valence electrons. The largest absolute Gasteiger partial charge is 0.348 e. The highest BCUT2D eigenvalue weighted by atomic mass is 35.5. The monoisotopic (exact) mass is 369 g/mol. The Morgan fingerprint density at radius 1 is 1.00 bits per heavy atom. The zero-order valence-corrected chi connectivity index (χ0v) is 13.4. The summed E-state index contributed by atoms with van der Waals surface area (Å²) >= 11 is 11.6. The van der Waals surface area contributed by atoms with Crippen molar-refractivity contribution in [3.63, 3.8) is 0 Å². The van der Waals surface area contributed by atoms with E-state index in [-0.39, 0.29) is 12.1 Å². The van der Waals surface area contributed by atoms with E-state index in [1.54, 1.807) is 18.2 Å². The third-order valence-corrected chi connectivity index (χ3v) is 3.81. The Balaban J connectivity index is 2.21. The minimum atomic E-state index is -0.846. The summed E-state index contributed by atoms with van der Waals surface area (Å²) in [5.74, 6) is -0.734. The molecule has 0 bridgehead atoms. The summed E-state index contributed by atoms with van der Waals surface area (Å²) in [6, 6.07) is 7.56. The van der Waals surface area contributed by atoms with Crippen LogP contribution in [0.1, 0.15) is 15.9 Å². The lowest BCUT2D eigenvalue weighted by Crippen LogP contribution is -2.23. The average Bonchev–Trinajstić information content (AvgIpc) is 2.54. The first-order valence-corrected chi connectivity index (χ1v) is 7.20. The van der Waals surface area contributed by atoms with Crippen LogP contribution in [-0.4, -0.2) is 15.8 Å². The van der Waals surface area contributed by atoms with Gasteiger partial charge in [0.25, 0.3) is 17.3 Å². The van der Waals surface area contributed by atoms with Gasteiger partial charge in [0.15, 0.2) is 0 Å². The second kappa shape index (κ2) is 7.24. The van der Waals surface area contributed by atoms with Gasteiger partial charge in [-0.1, -0.05) is 29.3 Å². The lowest BCUT2D eigenvalue weighted by atomic mass is 10.1. The van der Waals surface area contributed by atoms with Crippen molar-refractivity contribution in [2.24, 2.45) is 0 Å². The number of rotatable bonds is 5. The fourth-order valence-electron chi connectivity index (χ4n) is 1.90. The number of benzene rings is 2. The van der Waals surface area contributed by atoms with Crippen molar-refractivity contribution >= 4 is 40.5 Å². The Hall–Kier alpha value is -2.71. The Bertz CT molecular complexity index is 841. The first-order valence-electron chi connectivity index (χ1n) is 6.44. The molecule has 0 radical (unpaired) electrons. The van der Waals surface area contributed by atoms with E-state index < -0.39 is 27.1 Å². The summed E-state index contributed by atoms with van der Waals surface area (Å²) in [7, 11) is 0. The maximum atomic E-state index is 12.1. The summed E-state index contributed by atoms with van der Waals surface area (Å²) in [5.41, 5.74) is -0.744. The predicted molar refractivity (Wildman–Crippen MR) is 87.4 cm³/mol. The van der Waals surface area contributed by atoms with Gasteiger partial charge in [0, 0.05) is 12.6 Å². The smallest absolute Gasteiger partial charge is 0.289 e. The van der Waals surface area contributed by atoms with Gasteiger partial charge in [0.2, 0.25) is 0 Å². The number of halogens is 2. The van der Waals surface area contributed by atoms with E-state index in [2.05, 4.69) is 5.32 Å². The lowest BCUT2D eigenvalue weighted by molar-refractivity contribution is -0.394. The van der Waals surface area contributed by atoms with Crippen LogP contribution in [0.5, 0.6) is 0 Å². The molecular weight excluding hydrogens is 361 g/mol. The van der Waals surface area contributed by atoms with Crippen LogP contribution >= 0.6 is 23.2 Å². The Labute approximate surface area is 145 Å². The van der Waals surface area contributed by atoms with Crippen molar-refractivity contribution in [2.45, 2.75) is 6.54 Å². The number of nitrogens with zero attached hydrogens (tertiary/aromatic N) is 2. The third-order valence-electron chi connectivity index (χ3n) is 3.07. The van der Waals surface area contributed by atoms with Crippen LogP contribution in [0, 0.1) is 20.2 Å². The van der Waals surface area contributed by atoms with E-state index >= 15 is 0 Å². The number of hydrogen-bond acceptors (Lipinski definition) is 5. The summed E-state index contributed by atoms with van der Waals surface area (Å²) in [4.78, 5) is 32.2. The zero-order chi connectivity index (χ0) is 17.9. The van der Waals surface area contributed by atoms with E-state index in [0.717, 1.165) is 18.2 Å². The molecule has 2 aromatic rings. The van der Waals surface area contributed by atoms with Crippen LogP contribution in [0.25, 0.3) is 0 Å². The number of carbonyl (C=O) groups is 1. The minimum Gasteiger partial charge on any atom is -0.348 e. The van der Waals surface area contributed by atoms with E-state index in [0.29, 0.717) is 15.6 Å². The van der Waals surface area contributed by atoms with Gasteiger partial charge in [-0.25, -0.2) is 0 Å². The highest BCUT2D eigenvalue weighted by Gasteiger charge is 2.23. The molecule has 24 heavy (non-hydrogen) atoms. The third kappa shape index (κ3) is 3.98. The molecule has 0 aliphatic rings. The molecule has 1 N–H and O–H groups in total. The molecule has 0 unspecified atom stereocenters. The van der Waals surface area contributed by atoms with E-state index in [1.165, 1.54) is 0 Å². The Kier molecular flexibility index (Phi) is 5.32. The van der Waals surface area contributed by atoms with Gasteiger partial charge in [-0.3, -0.25) is 25.0 Å². The van der Waals surface area contributed by atoms with Crippen molar-refractivity contribution in [1.82, 2.24) is 5.32 Å². The quantitative estimate of drug-likeness (QED) is 0.636. The predicted octanol–water partition coefficient (Wildman–Crippen LogP) is 3.74. The molecule has 8 nitrogen and oxygen atoms in total. The van der Waals surface area contributed by atoms with Crippen LogP contribution in [0.4, 0.5) is 11.4 Å². The topological polar surface area (TPSA) is 115 Å². The highest BCUT2D eigenvalue weighted by molar-refractivity contribution is 6.42. The molecule has 0 aromatic heterocycles. The van der Waals surface area contributed by atoms with Crippen LogP contribution < -0.4 is 5.32 Å². The molecule has 0 fully saturated rings. The minimum absolute atomic E-state index is 0.0594. The Morgan fingerprint density at radius 2 is 1.71 bits per heavy atom. The van der Waals surface area contributed by atoms with Crippen LogP contribution in [0.15, 0.2) is 36.4 Å². The summed E-state index contributed by atoms with van der Waals surface area (Å²) in [6.45, 7) is 0.0594. The zero-order valence-electron chi connectivity index (χ0n) is 11.9. The number of carbonyl (C=O) groups excluding carboxylic acids is 1. The van der Waals surface area contributed by atoms with Crippen molar-refractivity contribution in [3.8, 4) is 0 Å². The van der Waals surface area contributed by atoms with Crippen molar-refractivity contribution in [3.05, 3.63) is 77.8 Å². The molecule has 1 amide bonds. The van der Waals surface area contributed by atoms with Crippen LogP contribution in [0.3, 0.4) is 0 Å². The first kappa shape index (κ1) is 17.6. The van der Waals surface area contributed by atoms with Gasteiger partial charge >= 0.3 is 0 Å². The fraction of sp³-hybridized carbons (Fsp3) is 0.0714. The average molecular weight is 370 g/mol. The maximum absolute atomic E-state index is 12.1. The number of amides is 1. The van der Waals surface area contributed by atoms with E-state index in [4.69, 9.17) is 23.2 Å². The number of non-ortho nitro benzene ring substituents is 1. The molecule has 0 aliphatic heterocycles. The van der Waals surface area contributed by atoms with Crippen LogP contribution in [0.2, 0.25) is 10.0 Å². The molecule has 0 spiro atoms. The molecule has 2 rings (SSSR count). The van der Waals surface area contributed by atoms with E-state index in [1.807, 2.05) is 0 Å². The summed E-state index contributed by atoms with van der Waals surface area (Å²) < 4.78 is 0. The van der Waals surface area contributed by atoms with Crippen molar-refractivity contribution < 1.29 is 14.6 Å². The van der Waals surface area contributed by atoms with Crippen molar-refractivity contribution in [2.75, 3.05) is 0 Å². The normalized spacial score (nSPS) is 10.2. The molecule has 0 aliphatic carbocycles. The van der Waals surface area contributed by atoms with Gasteiger partial charge in [-0.15, -0.1) is 0 Å². The summed E-state index contributed by atoms with van der Waals surface area (Å²) in [6.07, 6.45) is 0. The number of nitro groups is 2. The number of nitrogens with one attached hydrogen (secondary N) is 1. The second-order valence-corrected chi connectivity index (χ2v) is 5.46. The Morgan fingerprint density at radius 3 is 2.29 bits per heavy atom. The number of nitro benzene ring substituents is 2. The maximum Gasteiger partial charge on any atom is 0.289 e. The van der Waals surface area contributed by atoms with E-state index in [9.17, 15) is 25.0 Å². The molecule has 0 saturated heterocycles. The number of hydrogen-bond donors (Lipinski definition) is 1. The van der Waals surface area contributed by atoms with Gasteiger partial charge in [-0.05, 0) is 23.8 Å². The molecule has 10 heteroatoms. The lowest BCUT2D eigenvalue weighted by Gasteiger charge is -2.07. The van der Waals surface area contributed by atoms with Gasteiger partial charge in [0.1, 0.15) is 5.56 Å². The highest BCUT2D eigenvalue weighted by Crippen LogP contribution is 2.25. The fourth-order valence-corrected chi connectivity index (χ4v) is 2.22. The van der Waals surface area contributed by atoms with Crippen LogP contribution in [-0.2, 0) is 6.54 Å². The molecule has 0 atom stereocenters. The van der Waals surface area contributed by atoms with Crippen molar-refractivity contribution in [1.29, 1.82) is 0 Å².